The lowest BCUT2D eigenvalue weighted by molar-refractivity contribution is -0.193. The number of nitrogens with one attached hydrogen (secondary N) is 1. The van der Waals surface area contributed by atoms with Gasteiger partial charge in [0, 0.05) is 35.2 Å². The average molecular weight is 607 g/mol. The molecule has 0 fully saturated rings. The predicted molar refractivity (Wildman–Crippen MR) is 140 cm³/mol. The number of nitrogens with zero attached hydrogens (tertiary/aromatic N) is 6. The fraction of sp³-hybridized carbons (Fsp3) is 0.115. The minimum atomic E-state index is -5.08. The molecular formula is C26H19F6N7O4. The zero-order chi connectivity index (χ0) is 31.8. The van der Waals surface area contributed by atoms with Crippen LogP contribution in [0.5, 0.6) is 0 Å². The zero-order valence-corrected chi connectivity index (χ0v) is 21.7. The Morgan fingerprint density at radius 3 is 1.93 bits per heavy atom. The Labute approximate surface area is 237 Å². The van der Waals surface area contributed by atoms with Gasteiger partial charge in [-0.2, -0.15) is 31.4 Å². The molecule has 43 heavy (non-hydrogen) atoms. The molecule has 0 aliphatic rings. The number of carboxylic acid groups (broad SMARTS) is 2. The van der Waals surface area contributed by atoms with E-state index >= 15 is 0 Å². The first-order valence-corrected chi connectivity index (χ1v) is 11.7. The van der Waals surface area contributed by atoms with Crippen LogP contribution >= 0.6 is 0 Å². The number of pyridine rings is 1. The van der Waals surface area contributed by atoms with Crippen molar-refractivity contribution in [3.8, 4) is 16.8 Å². The maximum Gasteiger partial charge on any atom is 0.490 e. The molecule has 3 N–H and O–H groups in total. The third kappa shape index (κ3) is 9.20. The molecule has 0 atom stereocenters. The molecule has 0 amide bonds. The molecule has 0 saturated carbocycles. The van der Waals surface area contributed by atoms with Crippen LogP contribution in [0.2, 0.25) is 0 Å². The summed E-state index contributed by atoms with van der Waals surface area (Å²) in [4.78, 5) is 35.3. The molecule has 3 heterocycles. The molecule has 0 aliphatic heterocycles. The first kappa shape index (κ1) is 31.9. The Kier molecular flexibility index (Phi) is 9.92. The third-order valence-corrected chi connectivity index (χ3v) is 5.08. The highest BCUT2D eigenvalue weighted by atomic mass is 19.4. The SMILES string of the molecule is Cc1ncn(-c2ccc(Nc3ncc4cccc(-c5ccncc5)c4n3)cc2)n1.O=C(O)C(F)(F)F.O=C(O)C(F)(F)F. The summed E-state index contributed by atoms with van der Waals surface area (Å²) in [6.45, 7) is 1.86. The van der Waals surface area contributed by atoms with Crippen molar-refractivity contribution in [2.45, 2.75) is 19.3 Å². The zero-order valence-electron chi connectivity index (χ0n) is 21.7. The van der Waals surface area contributed by atoms with Crippen LogP contribution in [0.15, 0.2) is 79.5 Å². The number of halogens is 6. The lowest BCUT2D eigenvalue weighted by Crippen LogP contribution is -2.21. The van der Waals surface area contributed by atoms with Gasteiger partial charge in [-0.3, -0.25) is 4.98 Å². The smallest absolute Gasteiger partial charge is 0.475 e. The number of fused-ring (bicyclic) bond motifs is 1. The monoisotopic (exact) mass is 607 g/mol. The van der Waals surface area contributed by atoms with Crippen LogP contribution in [0.3, 0.4) is 0 Å². The number of benzene rings is 2. The number of aryl methyl sites for hydroxylation is 1. The number of alkyl halides is 6. The van der Waals surface area contributed by atoms with Gasteiger partial charge in [0.2, 0.25) is 5.95 Å². The third-order valence-electron chi connectivity index (χ3n) is 5.08. The van der Waals surface area contributed by atoms with Crippen molar-refractivity contribution >= 4 is 34.5 Å². The number of para-hydroxylation sites is 1. The number of rotatable bonds is 4. The second kappa shape index (κ2) is 13.4. The van der Waals surface area contributed by atoms with Gasteiger partial charge < -0.3 is 15.5 Å². The molecule has 0 saturated heterocycles. The Hall–Kier alpha value is -5.61. The van der Waals surface area contributed by atoms with E-state index in [1.807, 2.05) is 61.7 Å². The molecule has 5 aromatic rings. The number of aromatic nitrogens is 6. The molecule has 0 spiro atoms. The van der Waals surface area contributed by atoms with Gasteiger partial charge in [0.05, 0.1) is 11.2 Å². The normalized spacial score (nSPS) is 11.0. The van der Waals surface area contributed by atoms with Crippen LogP contribution in [-0.4, -0.2) is 64.2 Å². The van der Waals surface area contributed by atoms with Gasteiger partial charge in [-0.25, -0.2) is 29.2 Å². The molecule has 11 nitrogen and oxygen atoms in total. The molecule has 224 valence electrons. The van der Waals surface area contributed by atoms with Crippen LogP contribution in [0, 0.1) is 6.92 Å². The van der Waals surface area contributed by atoms with Gasteiger partial charge in [-0.05, 0) is 48.9 Å². The van der Waals surface area contributed by atoms with Crippen LogP contribution in [0.1, 0.15) is 5.82 Å². The second-order valence-electron chi connectivity index (χ2n) is 8.19. The lowest BCUT2D eigenvalue weighted by Gasteiger charge is -2.09. The molecule has 5 rings (SSSR count). The number of hydrogen-bond acceptors (Lipinski definition) is 8. The Bertz CT molecular complexity index is 1670. The van der Waals surface area contributed by atoms with E-state index in [4.69, 9.17) is 24.8 Å². The summed E-state index contributed by atoms with van der Waals surface area (Å²) in [5.41, 5.74) is 4.85. The van der Waals surface area contributed by atoms with Gasteiger partial charge >= 0.3 is 24.3 Å². The quantitative estimate of drug-likeness (QED) is 0.220. The Balaban J connectivity index is 0.000000303. The van der Waals surface area contributed by atoms with E-state index in [0.29, 0.717) is 5.95 Å². The fourth-order valence-electron chi connectivity index (χ4n) is 3.18. The highest BCUT2D eigenvalue weighted by molar-refractivity contribution is 5.93. The molecule has 3 aromatic heterocycles. The van der Waals surface area contributed by atoms with Crippen molar-refractivity contribution in [3.63, 3.8) is 0 Å². The van der Waals surface area contributed by atoms with E-state index in [1.54, 1.807) is 23.4 Å². The second-order valence-corrected chi connectivity index (χ2v) is 8.19. The topological polar surface area (TPSA) is 156 Å². The van der Waals surface area contributed by atoms with Gasteiger partial charge in [-0.15, -0.1) is 0 Å². The van der Waals surface area contributed by atoms with E-state index < -0.39 is 24.3 Å². The van der Waals surface area contributed by atoms with E-state index in [1.165, 1.54) is 0 Å². The largest absolute Gasteiger partial charge is 0.490 e. The summed E-state index contributed by atoms with van der Waals surface area (Å²) >= 11 is 0. The molecule has 0 radical (unpaired) electrons. The predicted octanol–water partition coefficient (Wildman–Crippen LogP) is 5.59. The van der Waals surface area contributed by atoms with E-state index in [0.717, 1.165) is 39.2 Å². The van der Waals surface area contributed by atoms with E-state index in [9.17, 15) is 26.3 Å². The van der Waals surface area contributed by atoms with Crippen molar-refractivity contribution in [1.29, 1.82) is 0 Å². The number of aliphatic carboxylic acids is 2. The van der Waals surface area contributed by atoms with Crippen molar-refractivity contribution in [3.05, 3.63) is 85.3 Å². The number of carbonyl (C=O) groups is 2. The number of anilines is 2. The van der Waals surface area contributed by atoms with Gasteiger partial charge in [-0.1, -0.05) is 18.2 Å². The maximum atomic E-state index is 10.6. The summed E-state index contributed by atoms with van der Waals surface area (Å²) in [5.74, 6) is -4.23. The first-order chi connectivity index (χ1) is 20.1. The average Bonchev–Trinajstić information content (AvgIpc) is 3.39. The first-order valence-electron chi connectivity index (χ1n) is 11.7. The van der Waals surface area contributed by atoms with Crippen LogP contribution < -0.4 is 5.32 Å². The molecule has 0 bridgehead atoms. The summed E-state index contributed by atoms with van der Waals surface area (Å²) in [6.07, 6.45) is -3.06. The van der Waals surface area contributed by atoms with Crippen LogP contribution in [0.25, 0.3) is 27.7 Å². The van der Waals surface area contributed by atoms with Gasteiger partial charge in [0.1, 0.15) is 12.2 Å². The van der Waals surface area contributed by atoms with Gasteiger partial charge in [0.15, 0.2) is 0 Å². The lowest BCUT2D eigenvalue weighted by atomic mass is 10.0. The Morgan fingerprint density at radius 1 is 0.837 bits per heavy atom. The molecule has 0 unspecified atom stereocenters. The van der Waals surface area contributed by atoms with Crippen molar-refractivity contribution in [1.82, 2.24) is 29.7 Å². The summed E-state index contributed by atoms with van der Waals surface area (Å²) in [6, 6.07) is 17.9. The molecule has 2 aromatic carbocycles. The van der Waals surface area contributed by atoms with E-state index in [-0.39, 0.29) is 0 Å². The summed E-state index contributed by atoms with van der Waals surface area (Å²) in [5, 5.41) is 22.8. The van der Waals surface area contributed by atoms with Crippen molar-refractivity contribution < 1.29 is 46.1 Å². The summed E-state index contributed by atoms with van der Waals surface area (Å²) < 4.78 is 65.2. The highest BCUT2D eigenvalue weighted by Gasteiger charge is 2.38. The minimum Gasteiger partial charge on any atom is -0.475 e. The van der Waals surface area contributed by atoms with E-state index in [2.05, 4.69) is 31.4 Å². The van der Waals surface area contributed by atoms with Crippen molar-refractivity contribution in [2.75, 3.05) is 5.32 Å². The molecular weight excluding hydrogens is 588 g/mol. The standard InChI is InChI=1S/C22H17N7.2C2HF3O2/c1-15-25-14-29(28-15)19-7-5-18(6-8-19)26-22-24-13-17-3-2-4-20(21(17)27-22)16-9-11-23-12-10-16;2*3-2(4,5)1(6)7/h2-14H,1H3,(H,24,26,27);2*(H,6,7). The van der Waals surface area contributed by atoms with Crippen LogP contribution in [-0.2, 0) is 9.59 Å². The highest BCUT2D eigenvalue weighted by Crippen LogP contribution is 2.28. The molecule has 0 aliphatic carbocycles. The maximum absolute atomic E-state index is 10.6. The number of carboxylic acids is 2. The number of hydrogen-bond donors (Lipinski definition) is 3. The van der Waals surface area contributed by atoms with Gasteiger partial charge in [0.25, 0.3) is 0 Å². The van der Waals surface area contributed by atoms with Crippen molar-refractivity contribution in [2.24, 2.45) is 0 Å². The molecule has 17 heteroatoms. The Morgan fingerprint density at radius 2 is 1.42 bits per heavy atom. The van der Waals surface area contributed by atoms with Crippen LogP contribution in [0.4, 0.5) is 38.0 Å². The fourth-order valence-corrected chi connectivity index (χ4v) is 3.18. The summed E-state index contributed by atoms with van der Waals surface area (Å²) in [7, 11) is 0. The minimum absolute atomic E-state index is 0.545.